The molecule has 3 rings (SSSR count). The van der Waals surface area contributed by atoms with E-state index in [0.29, 0.717) is 18.0 Å². The van der Waals surface area contributed by atoms with Gasteiger partial charge in [0.05, 0.1) is 13.7 Å². The molecule has 0 radical (unpaired) electrons. The topological polar surface area (TPSA) is 79.3 Å². The predicted molar refractivity (Wildman–Crippen MR) is 121 cm³/mol. The fraction of sp³-hybridized carbons (Fsp3) is 0.478. The van der Waals surface area contributed by atoms with Gasteiger partial charge in [-0.05, 0) is 44.8 Å². The van der Waals surface area contributed by atoms with Gasteiger partial charge in [0, 0.05) is 30.6 Å². The first-order chi connectivity index (χ1) is 14.7. The molecule has 1 heterocycles. The molecule has 0 aliphatic carbocycles. The molecule has 0 aromatic heterocycles. The Morgan fingerprint density at radius 3 is 2.61 bits per heavy atom. The summed E-state index contributed by atoms with van der Waals surface area (Å²) >= 11 is 0. The average Bonchev–Trinajstić information content (AvgIpc) is 2.75. The lowest BCUT2D eigenvalue weighted by atomic mass is 10.0. The van der Waals surface area contributed by atoms with Gasteiger partial charge in [0.25, 0.3) is 0 Å². The number of methoxy groups -OCH3 is 1. The van der Waals surface area contributed by atoms with Gasteiger partial charge in [0.15, 0.2) is 0 Å². The van der Waals surface area contributed by atoms with Crippen molar-refractivity contribution in [1.82, 2.24) is 9.21 Å². The molecule has 0 saturated carbocycles. The third-order valence-corrected chi connectivity index (χ3v) is 7.65. The van der Waals surface area contributed by atoms with Crippen molar-refractivity contribution < 1.29 is 23.0 Å². The van der Waals surface area contributed by atoms with Gasteiger partial charge in [-0.2, -0.15) is 4.31 Å². The van der Waals surface area contributed by atoms with E-state index < -0.39 is 16.1 Å². The van der Waals surface area contributed by atoms with Crippen LogP contribution in [0.5, 0.6) is 11.5 Å². The van der Waals surface area contributed by atoms with Crippen molar-refractivity contribution in [2.75, 3.05) is 40.9 Å². The summed E-state index contributed by atoms with van der Waals surface area (Å²) in [5.41, 5.74) is 1.67. The maximum Gasteiger partial charge on any atom is 0.247 e. The average molecular weight is 449 g/mol. The van der Waals surface area contributed by atoms with E-state index in [9.17, 15) is 13.5 Å². The van der Waals surface area contributed by atoms with Gasteiger partial charge < -0.3 is 19.5 Å². The van der Waals surface area contributed by atoms with Crippen LogP contribution in [0.25, 0.3) is 11.1 Å². The Morgan fingerprint density at radius 1 is 1.26 bits per heavy atom. The van der Waals surface area contributed by atoms with Crippen LogP contribution < -0.4 is 9.47 Å². The highest BCUT2D eigenvalue weighted by Gasteiger charge is 2.38. The Morgan fingerprint density at radius 2 is 1.97 bits per heavy atom. The van der Waals surface area contributed by atoms with Crippen LogP contribution in [0.4, 0.5) is 0 Å². The van der Waals surface area contributed by atoms with E-state index in [2.05, 4.69) is 0 Å². The number of hydrogen-bond acceptors (Lipinski definition) is 6. The van der Waals surface area contributed by atoms with Gasteiger partial charge in [0.2, 0.25) is 10.0 Å². The largest absolute Gasteiger partial charge is 0.496 e. The number of hydrogen-bond donors (Lipinski definition) is 1. The zero-order valence-corrected chi connectivity index (χ0v) is 19.6. The third-order valence-electron chi connectivity index (χ3n) is 5.63. The lowest BCUT2D eigenvalue weighted by Crippen LogP contribution is -2.49. The van der Waals surface area contributed by atoms with Crippen molar-refractivity contribution in [1.29, 1.82) is 0 Å². The highest BCUT2D eigenvalue weighted by atomic mass is 32.2. The molecule has 1 aliphatic rings. The van der Waals surface area contributed by atoms with Crippen molar-refractivity contribution in [3.8, 4) is 22.6 Å². The highest BCUT2D eigenvalue weighted by Crippen LogP contribution is 2.38. The smallest absolute Gasteiger partial charge is 0.247 e. The summed E-state index contributed by atoms with van der Waals surface area (Å²) in [6.45, 7) is 4.36. The van der Waals surface area contributed by atoms with Crippen LogP contribution in [-0.4, -0.2) is 75.8 Å². The van der Waals surface area contributed by atoms with Crippen LogP contribution in [0.3, 0.4) is 0 Å². The minimum absolute atomic E-state index is 0.0748. The zero-order chi connectivity index (χ0) is 22.8. The molecule has 0 fully saturated rings. The van der Waals surface area contributed by atoms with Gasteiger partial charge >= 0.3 is 0 Å². The summed E-state index contributed by atoms with van der Waals surface area (Å²) in [5, 5.41) is 9.72. The van der Waals surface area contributed by atoms with Crippen molar-refractivity contribution in [3.05, 3.63) is 42.5 Å². The summed E-state index contributed by atoms with van der Waals surface area (Å²) < 4.78 is 40.3. The van der Waals surface area contributed by atoms with Crippen molar-refractivity contribution in [3.63, 3.8) is 0 Å². The Labute approximate surface area is 185 Å². The molecule has 0 unspecified atom stereocenters. The van der Waals surface area contributed by atoms with Crippen molar-refractivity contribution in [2.45, 2.75) is 30.9 Å². The highest BCUT2D eigenvalue weighted by molar-refractivity contribution is 7.89. The summed E-state index contributed by atoms with van der Waals surface area (Å²) in [4.78, 5) is 2.14. The molecule has 2 aromatic rings. The number of nitrogens with zero attached hydrogens (tertiary/aromatic N) is 2. The Bertz CT molecular complexity index is 1010. The van der Waals surface area contributed by atoms with E-state index >= 15 is 0 Å². The molecule has 1 aliphatic heterocycles. The molecule has 8 heteroatoms. The molecule has 0 amide bonds. The van der Waals surface area contributed by atoms with E-state index in [1.165, 1.54) is 4.31 Å². The first-order valence-electron chi connectivity index (χ1n) is 10.4. The number of likely N-dealkylation sites (N-methyl/N-ethyl adjacent to an activating group) is 1. The molecule has 31 heavy (non-hydrogen) atoms. The van der Waals surface area contributed by atoms with Crippen LogP contribution in [0.1, 0.15) is 13.8 Å². The number of para-hydroxylation sites is 1. The molecule has 0 spiro atoms. The lowest BCUT2D eigenvalue weighted by molar-refractivity contribution is 0.0813. The molecule has 7 nitrogen and oxygen atoms in total. The van der Waals surface area contributed by atoms with Crippen LogP contribution in [0.2, 0.25) is 0 Å². The molecule has 170 valence electrons. The van der Waals surface area contributed by atoms with Crippen LogP contribution in [-0.2, 0) is 10.0 Å². The zero-order valence-electron chi connectivity index (χ0n) is 18.8. The number of sulfonamides is 1. The van der Waals surface area contributed by atoms with Gasteiger partial charge in [-0.3, -0.25) is 0 Å². The maximum absolute atomic E-state index is 13.5. The molecule has 2 aromatic carbocycles. The van der Waals surface area contributed by atoms with Crippen LogP contribution in [0.15, 0.2) is 47.4 Å². The SMILES string of the molecule is COc1ccccc1-c1ccc2c(c1)O[C@H](CN(C)C)[C@@H](C)CN([C@H](C)CO)S2(=O)=O. The van der Waals surface area contributed by atoms with Crippen molar-refractivity contribution >= 4 is 10.0 Å². The first kappa shape index (κ1) is 23.5. The second-order valence-electron chi connectivity index (χ2n) is 8.36. The number of ether oxygens (including phenoxy) is 2. The number of rotatable bonds is 6. The molecular weight excluding hydrogens is 416 g/mol. The second kappa shape index (κ2) is 9.56. The molecule has 1 N–H and O–H groups in total. The van der Waals surface area contributed by atoms with Gasteiger partial charge in [-0.15, -0.1) is 0 Å². The van der Waals surface area contributed by atoms with Crippen LogP contribution in [0, 0.1) is 5.92 Å². The quantitative estimate of drug-likeness (QED) is 0.732. The van der Waals surface area contributed by atoms with Crippen molar-refractivity contribution in [2.24, 2.45) is 5.92 Å². The predicted octanol–water partition coefficient (Wildman–Crippen LogP) is 2.69. The number of benzene rings is 2. The minimum Gasteiger partial charge on any atom is -0.496 e. The van der Waals surface area contributed by atoms with E-state index in [1.54, 1.807) is 32.2 Å². The monoisotopic (exact) mass is 448 g/mol. The number of fused-ring (bicyclic) bond motifs is 1. The molecule has 0 saturated heterocycles. The summed E-state index contributed by atoms with van der Waals surface area (Å²) in [6.07, 6.45) is -0.217. The Kier molecular flexibility index (Phi) is 7.26. The number of aliphatic hydroxyl groups excluding tert-OH is 1. The van der Waals surface area contributed by atoms with Gasteiger partial charge in [-0.25, -0.2) is 8.42 Å². The van der Waals surface area contributed by atoms with E-state index in [0.717, 1.165) is 11.1 Å². The maximum atomic E-state index is 13.5. The first-order valence-corrected chi connectivity index (χ1v) is 11.8. The molecule has 0 bridgehead atoms. The van der Waals surface area contributed by atoms with Crippen LogP contribution >= 0.6 is 0 Å². The van der Waals surface area contributed by atoms with E-state index in [4.69, 9.17) is 9.47 Å². The Balaban J connectivity index is 2.18. The fourth-order valence-electron chi connectivity index (χ4n) is 3.85. The fourth-order valence-corrected chi connectivity index (χ4v) is 5.68. The van der Waals surface area contributed by atoms with E-state index in [-0.39, 0.29) is 30.1 Å². The van der Waals surface area contributed by atoms with E-state index in [1.807, 2.05) is 50.2 Å². The van der Waals surface area contributed by atoms with Gasteiger partial charge in [0.1, 0.15) is 22.5 Å². The summed E-state index contributed by atoms with van der Waals surface area (Å²) in [6, 6.07) is 12.2. The molecular formula is C23H32N2O5S. The molecule has 3 atom stereocenters. The number of aliphatic hydroxyl groups is 1. The standard InChI is InChI=1S/C23H32N2O5S/c1-16-13-25(17(2)15-26)31(27,28)23-11-10-18(19-8-6-7-9-20(19)29-5)12-21(23)30-22(16)14-24(3)4/h6-12,16-17,22,26H,13-15H2,1-5H3/t16-,17+,22+/m0/s1. The summed E-state index contributed by atoms with van der Waals surface area (Å²) in [7, 11) is 1.69. The Hall–Kier alpha value is -2.13. The summed E-state index contributed by atoms with van der Waals surface area (Å²) in [5.74, 6) is 0.941. The third kappa shape index (κ3) is 4.87. The normalized spacial score (nSPS) is 22.2. The minimum atomic E-state index is -3.85. The van der Waals surface area contributed by atoms with Gasteiger partial charge in [-0.1, -0.05) is 31.2 Å². The second-order valence-corrected chi connectivity index (χ2v) is 10.2. The lowest BCUT2D eigenvalue weighted by Gasteiger charge is -2.37.